The van der Waals surface area contributed by atoms with Crippen molar-refractivity contribution >= 4 is 39.9 Å². The molecule has 0 spiro atoms. The third-order valence-electron chi connectivity index (χ3n) is 4.78. The van der Waals surface area contributed by atoms with Crippen LogP contribution in [0.25, 0.3) is 10.9 Å². The average molecular weight is 334 g/mol. The second-order valence-corrected chi connectivity index (χ2v) is 7.54. The molecule has 2 aliphatic rings. The third kappa shape index (κ3) is 1.65. The SMILES string of the molecule is S=C1c2ccccc2C2(c3cccc4ncccc34)SCCN12. The number of thiocarbonyl (C=S) groups is 1. The third-order valence-corrected chi connectivity index (χ3v) is 6.69. The van der Waals surface area contributed by atoms with Crippen molar-refractivity contribution in [3.05, 3.63) is 77.5 Å². The van der Waals surface area contributed by atoms with Crippen LogP contribution in [0.4, 0.5) is 0 Å². The maximum atomic E-state index is 5.80. The minimum Gasteiger partial charge on any atom is -0.339 e. The largest absolute Gasteiger partial charge is 0.339 e. The van der Waals surface area contributed by atoms with Crippen LogP contribution in [-0.4, -0.2) is 27.2 Å². The van der Waals surface area contributed by atoms with Gasteiger partial charge in [0.1, 0.15) is 9.86 Å². The molecule has 3 heterocycles. The summed E-state index contributed by atoms with van der Waals surface area (Å²) >= 11 is 7.79. The highest BCUT2D eigenvalue weighted by atomic mass is 32.2. The van der Waals surface area contributed by atoms with Gasteiger partial charge in [-0.05, 0) is 12.1 Å². The van der Waals surface area contributed by atoms with Crippen LogP contribution in [0.1, 0.15) is 16.7 Å². The zero-order valence-corrected chi connectivity index (χ0v) is 14.0. The lowest BCUT2D eigenvalue weighted by Gasteiger charge is -2.34. The molecular formula is C19H14N2S2. The fraction of sp³-hybridized carbons (Fsp3) is 0.158. The zero-order valence-electron chi connectivity index (χ0n) is 12.4. The molecule has 2 aromatic carbocycles. The zero-order chi connectivity index (χ0) is 15.4. The summed E-state index contributed by atoms with van der Waals surface area (Å²) in [7, 11) is 0. The summed E-state index contributed by atoms with van der Waals surface area (Å²) in [6.45, 7) is 0.995. The number of hydrogen-bond donors (Lipinski definition) is 0. The molecular weight excluding hydrogens is 320 g/mol. The molecule has 2 aliphatic heterocycles. The Morgan fingerprint density at radius 3 is 2.83 bits per heavy atom. The summed E-state index contributed by atoms with van der Waals surface area (Å²) in [6, 6.07) is 19.2. The molecule has 0 bridgehead atoms. The number of fused-ring (bicyclic) bond motifs is 4. The van der Waals surface area contributed by atoms with E-state index in [0.717, 1.165) is 22.8 Å². The van der Waals surface area contributed by atoms with Crippen LogP contribution in [0.2, 0.25) is 0 Å². The van der Waals surface area contributed by atoms with Gasteiger partial charge in [0.05, 0.1) is 5.52 Å². The van der Waals surface area contributed by atoms with E-state index in [4.69, 9.17) is 12.2 Å². The van der Waals surface area contributed by atoms with E-state index in [1.807, 2.05) is 24.0 Å². The Bertz CT molecular complexity index is 948. The van der Waals surface area contributed by atoms with Gasteiger partial charge in [-0.2, -0.15) is 0 Å². The molecule has 3 aromatic rings. The quantitative estimate of drug-likeness (QED) is 0.621. The minimum absolute atomic E-state index is 0.198. The van der Waals surface area contributed by atoms with E-state index in [1.54, 1.807) is 0 Å². The van der Waals surface area contributed by atoms with Crippen LogP contribution >= 0.6 is 24.0 Å². The van der Waals surface area contributed by atoms with Gasteiger partial charge in [-0.1, -0.05) is 54.7 Å². The van der Waals surface area contributed by atoms with Crippen molar-refractivity contribution in [3.63, 3.8) is 0 Å². The fourth-order valence-electron chi connectivity index (χ4n) is 3.87. The first-order chi connectivity index (χ1) is 11.3. The van der Waals surface area contributed by atoms with E-state index in [2.05, 4.69) is 58.4 Å². The molecule has 2 nitrogen and oxygen atoms in total. The summed E-state index contributed by atoms with van der Waals surface area (Å²) in [6.07, 6.45) is 1.86. The van der Waals surface area contributed by atoms with Gasteiger partial charge in [-0.3, -0.25) is 4.98 Å². The number of pyridine rings is 1. The van der Waals surface area contributed by atoms with Gasteiger partial charge in [-0.25, -0.2) is 0 Å². The first kappa shape index (κ1) is 13.5. The lowest BCUT2D eigenvalue weighted by Crippen LogP contribution is -2.37. The van der Waals surface area contributed by atoms with Crippen LogP contribution in [-0.2, 0) is 4.87 Å². The van der Waals surface area contributed by atoms with E-state index in [-0.39, 0.29) is 4.87 Å². The number of aromatic nitrogens is 1. The molecule has 1 saturated heterocycles. The smallest absolute Gasteiger partial charge is 0.140 e. The highest BCUT2D eigenvalue weighted by molar-refractivity contribution is 8.00. The molecule has 4 heteroatoms. The van der Waals surface area contributed by atoms with Crippen LogP contribution in [0.5, 0.6) is 0 Å². The molecule has 112 valence electrons. The van der Waals surface area contributed by atoms with Gasteiger partial charge in [0.2, 0.25) is 0 Å². The second kappa shape index (κ2) is 4.79. The minimum atomic E-state index is -0.198. The van der Waals surface area contributed by atoms with E-state index in [1.165, 1.54) is 22.1 Å². The van der Waals surface area contributed by atoms with Crippen molar-refractivity contribution in [1.29, 1.82) is 0 Å². The maximum absolute atomic E-state index is 5.80. The molecule has 1 fully saturated rings. The summed E-state index contributed by atoms with van der Waals surface area (Å²) < 4.78 is 0. The summed E-state index contributed by atoms with van der Waals surface area (Å²) in [5.74, 6) is 1.09. The highest BCUT2D eigenvalue weighted by Crippen LogP contribution is 2.56. The van der Waals surface area contributed by atoms with Gasteiger partial charge in [0.15, 0.2) is 0 Å². The summed E-state index contributed by atoms with van der Waals surface area (Å²) in [4.78, 5) is 7.72. The molecule has 1 aromatic heterocycles. The average Bonchev–Trinajstić information content (AvgIpc) is 3.14. The van der Waals surface area contributed by atoms with Gasteiger partial charge in [0.25, 0.3) is 0 Å². The molecule has 0 saturated carbocycles. The topological polar surface area (TPSA) is 16.1 Å². The number of benzene rings is 2. The summed E-state index contributed by atoms with van der Waals surface area (Å²) in [5, 5.41) is 1.22. The van der Waals surface area contributed by atoms with Gasteiger partial charge in [-0.15, -0.1) is 11.8 Å². The predicted molar refractivity (Wildman–Crippen MR) is 99.8 cm³/mol. The van der Waals surface area contributed by atoms with E-state index < -0.39 is 0 Å². The number of rotatable bonds is 1. The molecule has 0 radical (unpaired) electrons. The van der Waals surface area contributed by atoms with Crippen molar-refractivity contribution in [2.24, 2.45) is 0 Å². The Morgan fingerprint density at radius 1 is 1.00 bits per heavy atom. The molecule has 23 heavy (non-hydrogen) atoms. The highest BCUT2D eigenvalue weighted by Gasteiger charge is 2.52. The monoisotopic (exact) mass is 334 g/mol. The predicted octanol–water partition coefficient (Wildman–Crippen LogP) is 4.17. The van der Waals surface area contributed by atoms with E-state index in [0.29, 0.717) is 0 Å². The second-order valence-electron chi connectivity index (χ2n) is 5.87. The first-order valence-electron chi connectivity index (χ1n) is 7.72. The number of thioether (sulfide) groups is 1. The molecule has 0 N–H and O–H groups in total. The molecule has 0 amide bonds. The number of hydrogen-bond acceptors (Lipinski definition) is 3. The van der Waals surface area contributed by atoms with Crippen LogP contribution < -0.4 is 0 Å². The Morgan fingerprint density at radius 2 is 1.87 bits per heavy atom. The maximum Gasteiger partial charge on any atom is 0.140 e. The Labute approximate surface area is 144 Å². The molecule has 5 rings (SSSR count). The van der Waals surface area contributed by atoms with Gasteiger partial charge in [0, 0.05) is 40.6 Å². The lowest BCUT2D eigenvalue weighted by atomic mass is 9.94. The standard InChI is InChI=1S/C19H14N2S2/c22-18-14-5-1-2-7-16(14)19(21(18)11-12-23-19)15-8-3-9-17-13(15)6-4-10-20-17/h1-10H,11-12H2. The molecule has 0 aliphatic carbocycles. The summed E-state index contributed by atoms with van der Waals surface area (Å²) in [5.41, 5.74) is 4.87. The molecule has 1 atom stereocenters. The molecule has 1 unspecified atom stereocenters. The fourth-order valence-corrected chi connectivity index (χ4v) is 5.90. The van der Waals surface area contributed by atoms with Crippen LogP contribution in [0.15, 0.2) is 60.8 Å². The van der Waals surface area contributed by atoms with Crippen LogP contribution in [0, 0.1) is 0 Å². The van der Waals surface area contributed by atoms with E-state index in [9.17, 15) is 0 Å². The number of nitrogens with zero attached hydrogens (tertiary/aromatic N) is 2. The van der Waals surface area contributed by atoms with Gasteiger partial charge >= 0.3 is 0 Å². The van der Waals surface area contributed by atoms with Crippen LogP contribution in [0.3, 0.4) is 0 Å². The van der Waals surface area contributed by atoms with E-state index >= 15 is 0 Å². The van der Waals surface area contributed by atoms with Crippen molar-refractivity contribution in [1.82, 2.24) is 9.88 Å². The Kier molecular flexibility index (Phi) is 2.82. The van der Waals surface area contributed by atoms with Crippen molar-refractivity contribution < 1.29 is 0 Å². The normalized spacial score (nSPS) is 22.4. The van der Waals surface area contributed by atoms with Crippen molar-refractivity contribution in [2.45, 2.75) is 4.87 Å². The Hall–Kier alpha value is -1.91. The lowest BCUT2D eigenvalue weighted by molar-refractivity contribution is 0.389. The Balaban J connectivity index is 1.89. The van der Waals surface area contributed by atoms with Crippen molar-refractivity contribution in [3.8, 4) is 0 Å². The van der Waals surface area contributed by atoms with Gasteiger partial charge < -0.3 is 4.90 Å². The first-order valence-corrected chi connectivity index (χ1v) is 9.11. The van der Waals surface area contributed by atoms with Crippen molar-refractivity contribution in [2.75, 3.05) is 12.3 Å².